The predicted molar refractivity (Wildman–Crippen MR) is 135 cm³/mol. The molecule has 0 saturated carbocycles. The Bertz CT molecular complexity index is 1290. The van der Waals surface area contributed by atoms with E-state index >= 15 is 0 Å². The summed E-state index contributed by atoms with van der Waals surface area (Å²) >= 11 is 2.89. The topological polar surface area (TPSA) is 33.2 Å². The van der Waals surface area contributed by atoms with Gasteiger partial charge in [0.1, 0.15) is 4.88 Å². The van der Waals surface area contributed by atoms with Gasteiger partial charge in [-0.25, -0.2) is 4.98 Å². The molecule has 0 fully saturated rings. The maximum Gasteiger partial charge on any atom is 0.215 e. The van der Waals surface area contributed by atoms with Gasteiger partial charge in [0.25, 0.3) is 0 Å². The Morgan fingerprint density at radius 3 is 1.97 bits per heavy atom. The second-order valence-corrected chi connectivity index (χ2v) is 9.28. The molecule has 0 saturated heterocycles. The Balaban J connectivity index is 1.70. The van der Waals surface area contributed by atoms with Gasteiger partial charge >= 0.3 is 0 Å². The van der Waals surface area contributed by atoms with E-state index in [2.05, 4.69) is 48.2 Å². The fraction of sp³-hybridized carbons (Fsp3) is 0.0370. The third kappa shape index (κ3) is 4.00. The third-order valence-electron chi connectivity index (χ3n) is 5.11. The molecule has 5 rings (SSSR count). The summed E-state index contributed by atoms with van der Waals surface area (Å²) < 4.78 is 0. The Morgan fingerprint density at radius 2 is 1.41 bits per heavy atom. The number of aryl methyl sites for hydroxylation is 1. The van der Waals surface area contributed by atoms with Crippen LogP contribution in [-0.4, -0.2) is 10.8 Å². The van der Waals surface area contributed by atoms with E-state index in [-0.39, 0.29) is 5.78 Å². The van der Waals surface area contributed by atoms with Crippen LogP contribution in [0.4, 0.5) is 16.5 Å². The fourth-order valence-electron chi connectivity index (χ4n) is 3.51. The van der Waals surface area contributed by atoms with Crippen molar-refractivity contribution in [2.45, 2.75) is 6.92 Å². The van der Waals surface area contributed by atoms with Crippen LogP contribution in [0.1, 0.15) is 20.1 Å². The van der Waals surface area contributed by atoms with Gasteiger partial charge in [-0.2, -0.15) is 0 Å². The second-order valence-electron chi connectivity index (χ2n) is 7.35. The molecular formula is C27H20N2OS2. The van der Waals surface area contributed by atoms with Gasteiger partial charge in [-0.3, -0.25) is 9.69 Å². The van der Waals surface area contributed by atoms with Crippen molar-refractivity contribution in [3.63, 3.8) is 0 Å². The minimum atomic E-state index is 0.0143. The van der Waals surface area contributed by atoms with Crippen molar-refractivity contribution in [1.82, 2.24) is 4.98 Å². The molecule has 5 heteroatoms. The maximum absolute atomic E-state index is 13.4. The van der Waals surface area contributed by atoms with E-state index in [1.807, 2.05) is 66.0 Å². The molecule has 3 nitrogen and oxygen atoms in total. The summed E-state index contributed by atoms with van der Waals surface area (Å²) in [5, 5.41) is 2.69. The highest BCUT2D eigenvalue weighted by Gasteiger charge is 2.25. The number of carbonyl (C=O) groups is 1. The molecule has 0 amide bonds. The quantitative estimate of drug-likeness (QED) is 0.246. The molecule has 0 aliphatic heterocycles. The molecule has 32 heavy (non-hydrogen) atoms. The zero-order valence-electron chi connectivity index (χ0n) is 17.4. The van der Waals surface area contributed by atoms with Gasteiger partial charge in [0.2, 0.25) is 5.78 Å². The Hall–Kier alpha value is -3.54. The zero-order chi connectivity index (χ0) is 21.9. The first-order valence-corrected chi connectivity index (χ1v) is 12.0. The highest BCUT2D eigenvalue weighted by Crippen LogP contribution is 2.41. The van der Waals surface area contributed by atoms with Crippen LogP contribution in [0, 0.1) is 6.92 Å². The van der Waals surface area contributed by atoms with Crippen LogP contribution < -0.4 is 4.90 Å². The van der Waals surface area contributed by atoms with Gasteiger partial charge in [0, 0.05) is 16.9 Å². The van der Waals surface area contributed by atoms with Gasteiger partial charge < -0.3 is 0 Å². The molecule has 0 atom stereocenters. The first kappa shape index (κ1) is 20.4. The number of thiophene rings is 1. The zero-order valence-corrected chi connectivity index (χ0v) is 19.1. The molecule has 0 aliphatic rings. The van der Waals surface area contributed by atoms with Crippen LogP contribution in [0.2, 0.25) is 0 Å². The monoisotopic (exact) mass is 452 g/mol. The molecule has 3 aromatic carbocycles. The summed E-state index contributed by atoms with van der Waals surface area (Å²) in [7, 11) is 0. The normalized spacial score (nSPS) is 10.8. The van der Waals surface area contributed by atoms with E-state index in [4.69, 9.17) is 4.98 Å². The molecule has 2 heterocycles. The van der Waals surface area contributed by atoms with Crippen LogP contribution in [0.15, 0.2) is 102 Å². The third-order valence-corrected chi connectivity index (χ3v) is 7.02. The van der Waals surface area contributed by atoms with E-state index in [9.17, 15) is 4.79 Å². The summed E-state index contributed by atoms with van der Waals surface area (Å²) in [4.78, 5) is 21.9. The van der Waals surface area contributed by atoms with E-state index in [0.29, 0.717) is 4.88 Å². The highest BCUT2D eigenvalue weighted by molar-refractivity contribution is 7.19. The van der Waals surface area contributed by atoms with E-state index in [1.54, 1.807) is 0 Å². The first-order valence-electron chi connectivity index (χ1n) is 10.3. The van der Waals surface area contributed by atoms with E-state index in [0.717, 1.165) is 32.6 Å². The standard InChI is InChI=1S/C27H20N2OS2/c1-19-14-16-20(17-15-19)24-26(25(30)23-13-8-18-31-23)32-27(28-24)29(21-9-4-2-5-10-21)22-11-6-3-7-12-22/h2-18H,1H3. The largest absolute Gasteiger partial charge is 0.287 e. The van der Waals surface area contributed by atoms with Gasteiger partial charge in [0.15, 0.2) is 5.13 Å². The molecule has 0 radical (unpaired) electrons. The molecule has 2 aromatic heterocycles. The number of thiazole rings is 1. The van der Waals surface area contributed by atoms with Gasteiger partial charge in [0.05, 0.1) is 10.6 Å². The van der Waals surface area contributed by atoms with Crippen LogP contribution >= 0.6 is 22.7 Å². The minimum Gasteiger partial charge on any atom is -0.287 e. The van der Waals surface area contributed by atoms with Gasteiger partial charge in [-0.15, -0.1) is 11.3 Å². The average molecular weight is 453 g/mol. The Morgan fingerprint density at radius 1 is 0.781 bits per heavy atom. The molecule has 0 N–H and O–H groups in total. The van der Waals surface area contributed by atoms with Crippen molar-refractivity contribution < 1.29 is 4.79 Å². The number of para-hydroxylation sites is 2. The summed E-state index contributed by atoms with van der Waals surface area (Å²) in [6.07, 6.45) is 0. The maximum atomic E-state index is 13.4. The van der Waals surface area contributed by atoms with Crippen molar-refractivity contribution in [2.24, 2.45) is 0 Å². The first-order chi connectivity index (χ1) is 15.7. The van der Waals surface area contributed by atoms with Crippen LogP contribution in [0.3, 0.4) is 0 Å². The number of aromatic nitrogens is 1. The van der Waals surface area contributed by atoms with Crippen molar-refractivity contribution in [3.05, 3.63) is 118 Å². The van der Waals surface area contributed by atoms with E-state index < -0.39 is 0 Å². The lowest BCUT2D eigenvalue weighted by Crippen LogP contribution is -2.09. The van der Waals surface area contributed by atoms with Crippen molar-refractivity contribution in [1.29, 1.82) is 0 Å². The van der Waals surface area contributed by atoms with Crippen LogP contribution in [0.5, 0.6) is 0 Å². The number of anilines is 3. The van der Waals surface area contributed by atoms with Gasteiger partial charge in [-0.05, 0) is 42.6 Å². The molecule has 156 valence electrons. The lowest BCUT2D eigenvalue weighted by molar-refractivity contribution is 0.104. The molecule has 0 unspecified atom stereocenters. The fourth-order valence-corrected chi connectivity index (χ4v) is 5.33. The minimum absolute atomic E-state index is 0.0143. The molecule has 0 bridgehead atoms. The second kappa shape index (κ2) is 8.91. The number of hydrogen-bond donors (Lipinski definition) is 0. The summed E-state index contributed by atoms with van der Waals surface area (Å²) in [5.74, 6) is 0.0143. The molecule has 5 aromatic rings. The number of nitrogens with zero attached hydrogens (tertiary/aromatic N) is 2. The number of hydrogen-bond acceptors (Lipinski definition) is 5. The van der Waals surface area contributed by atoms with Crippen molar-refractivity contribution >= 4 is 45.0 Å². The number of ketones is 1. The van der Waals surface area contributed by atoms with Crippen molar-refractivity contribution in [3.8, 4) is 11.3 Å². The summed E-state index contributed by atoms with van der Waals surface area (Å²) in [6.45, 7) is 2.06. The lowest BCUT2D eigenvalue weighted by atomic mass is 10.1. The average Bonchev–Trinajstić information content (AvgIpc) is 3.52. The molecule has 0 spiro atoms. The van der Waals surface area contributed by atoms with Crippen LogP contribution in [-0.2, 0) is 0 Å². The molecular weight excluding hydrogens is 432 g/mol. The Kier molecular flexibility index (Phi) is 5.67. The van der Waals surface area contributed by atoms with Crippen molar-refractivity contribution in [2.75, 3.05) is 4.90 Å². The van der Waals surface area contributed by atoms with E-state index in [1.165, 1.54) is 28.2 Å². The Labute approximate surface area is 195 Å². The highest BCUT2D eigenvalue weighted by atomic mass is 32.1. The SMILES string of the molecule is Cc1ccc(-c2nc(N(c3ccccc3)c3ccccc3)sc2C(=O)c2cccs2)cc1. The number of rotatable bonds is 6. The summed E-state index contributed by atoms with van der Waals surface area (Å²) in [5.41, 5.74) is 4.83. The summed E-state index contributed by atoms with van der Waals surface area (Å²) in [6, 6.07) is 32.2. The number of carbonyl (C=O) groups excluding carboxylic acids is 1. The smallest absolute Gasteiger partial charge is 0.215 e. The molecule has 0 aliphatic carbocycles. The van der Waals surface area contributed by atoms with Crippen LogP contribution in [0.25, 0.3) is 11.3 Å². The predicted octanol–water partition coefficient (Wildman–Crippen LogP) is 7.88. The lowest BCUT2D eigenvalue weighted by Gasteiger charge is -2.22. The van der Waals surface area contributed by atoms with Gasteiger partial charge in [-0.1, -0.05) is 83.6 Å². The number of benzene rings is 3.